The summed E-state index contributed by atoms with van der Waals surface area (Å²) in [6.45, 7) is 1.94. The number of methoxy groups -OCH3 is 1. The summed E-state index contributed by atoms with van der Waals surface area (Å²) in [5, 5.41) is 3.10. The van der Waals surface area contributed by atoms with Crippen LogP contribution in [0.1, 0.15) is 23.0 Å². The summed E-state index contributed by atoms with van der Waals surface area (Å²) < 4.78 is 10.8. The molecule has 0 bridgehead atoms. The van der Waals surface area contributed by atoms with Crippen LogP contribution in [-0.2, 0) is 6.42 Å². The normalized spacial score (nSPS) is 10.8. The Balaban J connectivity index is 2.05. The van der Waals surface area contributed by atoms with Crippen LogP contribution in [0.4, 0.5) is 5.69 Å². The molecule has 0 aromatic carbocycles. The molecule has 0 atom stereocenters. The van der Waals surface area contributed by atoms with Crippen molar-refractivity contribution < 1.29 is 13.9 Å². The summed E-state index contributed by atoms with van der Waals surface area (Å²) in [7, 11) is 1.48. The van der Waals surface area contributed by atoms with Crippen LogP contribution < -0.4 is 15.6 Å². The molecule has 8 heteroatoms. The fourth-order valence-corrected chi connectivity index (χ4v) is 2.46. The first-order chi connectivity index (χ1) is 11.5. The number of amides is 1. The van der Waals surface area contributed by atoms with Gasteiger partial charge in [0.1, 0.15) is 10.8 Å². The molecule has 24 heavy (non-hydrogen) atoms. The van der Waals surface area contributed by atoms with Gasteiger partial charge in [0.25, 0.3) is 17.3 Å². The standard InChI is InChI=1S/C16H14ClN3O4/c1-3-8-6-9-10(7-19-16(23-2)13(9)24-8)14(21)20-11-4-5-18-15(22)12(11)17/h4-7H,3H2,1-2H3,(H2,18,20,21,22). The van der Waals surface area contributed by atoms with Crippen molar-refractivity contribution in [3.05, 3.63) is 51.2 Å². The Morgan fingerprint density at radius 3 is 3.00 bits per heavy atom. The van der Waals surface area contributed by atoms with E-state index in [1.807, 2.05) is 6.92 Å². The van der Waals surface area contributed by atoms with Crippen LogP contribution >= 0.6 is 11.6 Å². The lowest BCUT2D eigenvalue weighted by atomic mass is 10.1. The van der Waals surface area contributed by atoms with Gasteiger partial charge < -0.3 is 19.5 Å². The molecular formula is C16H14ClN3O4. The van der Waals surface area contributed by atoms with Crippen LogP contribution in [-0.4, -0.2) is 23.0 Å². The topological polar surface area (TPSA) is 97.2 Å². The molecule has 3 heterocycles. The zero-order valence-electron chi connectivity index (χ0n) is 13.0. The molecule has 0 aliphatic carbocycles. The second kappa shape index (κ2) is 6.37. The van der Waals surface area contributed by atoms with Crippen LogP contribution in [0.3, 0.4) is 0 Å². The molecule has 0 aliphatic rings. The van der Waals surface area contributed by atoms with Gasteiger partial charge in [0.05, 0.1) is 18.4 Å². The van der Waals surface area contributed by atoms with Gasteiger partial charge >= 0.3 is 0 Å². The van der Waals surface area contributed by atoms with Crippen LogP contribution in [0.15, 0.2) is 33.7 Å². The molecule has 3 rings (SSSR count). The fourth-order valence-electron chi connectivity index (χ4n) is 2.30. The van der Waals surface area contributed by atoms with E-state index in [9.17, 15) is 9.59 Å². The molecule has 0 fully saturated rings. The molecule has 124 valence electrons. The van der Waals surface area contributed by atoms with Crippen molar-refractivity contribution in [3.63, 3.8) is 0 Å². The smallest absolute Gasteiger partial charge is 0.268 e. The van der Waals surface area contributed by atoms with Gasteiger partial charge in [-0.1, -0.05) is 18.5 Å². The Morgan fingerprint density at radius 2 is 2.29 bits per heavy atom. The lowest BCUT2D eigenvalue weighted by molar-refractivity contribution is 0.102. The summed E-state index contributed by atoms with van der Waals surface area (Å²) in [4.78, 5) is 30.6. The Labute approximate surface area is 141 Å². The molecule has 2 N–H and O–H groups in total. The quantitative estimate of drug-likeness (QED) is 0.756. The van der Waals surface area contributed by atoms with Gasteiger partial charge in [-0.2, -0.15) is 0 Å². The van der Waals surface area contributed by atoms with E-state index >= 15 is 0 Å². The van der Waals surface area contributed by atoms with Gasteiger partial charge in [0.15, 0.2) is 5.58 Å². The summed E-state index contributed by atoms with van der Waals surface area (Å²) >= 11 is 5.90. The molecule has 0 saturated carbocycles. The maximum absolute atomic E-state index is 12.6. The Bertz CT molecular complexity index is 977. The molecule has 0 aliphatic heterocycles. The van der Waals surface area contributed by atoms with Crippen molar-refractivity contribution in [1.82, 2.24) is 9.97 Å². The van der Waals surface area contributed by atoms with Crippen molar-refractivity contribution in [2.75, 3.05) is 12.4 Å². The molecular weight excluding hydrogens is 334 g/mol. The number of pyridine rings is 2. The number of hydrogen-bond donors (Lipinski definition) is 2. The van der Waals surface area contributed by atoms with E-state index in [4.69, 9.17) is 20.8 Å². The van der Waals surface area contributed by atoms with E-state index < -0.39 is 11.5 Å². The Morgan fingerprint density at radius 1 is 1.50 bits per heavy atom. The highest BCUT2D eigenvalue weighted by Crippen LogP contribution is 2.30. The number of aryl methyl sites for hydroxylation is 1. The third-order valence-electron chi connectivity index (χ3n) is 3.51. The number of nitrogens with one attached hydrogen (secondary N) is 2. The van der Waals surface area contributed by atoms with Gasteiger partial charge in [0, 0.05) is 24.2 Å². The lowest BCUT2D eigenvalue weighted by Crippen LogP contribution is -2.16. The van der Waals surface area contributed by atoms with Crippen molar-refractivity contribution in [3.8, 4) is 5.88 Å². The van der Waals surface area contributed by atoms with Crippen molar-refractivity contribution in [2.45, 2.75) is 13.3 Å². The zero-order chi connectivity index (χ0) is 17.3. The molecule has 1 amide bonds. The number of carbonyl (C=O) groups excluding carboxylic acids is 1. The minimum absolute atomic E-state index is 0.0926. The summed E-state index contributed by atoms with van der Waals surface area (Å²) in [6, 6.07) is 3.27. The molecule has 3 aromatic heterocycles. The molecule has 0 radical (unpaired) electrons. The van der Waals surface area contributed by atoms with Gasteiger partial charge in [-0.3, -0.25) is 9.59 Å². The first-order valence-electron chi connectivity index (χ1n) is 7.19. The van der Waals surface area contributed by atoms with E-state index in [1.165, 1.54) is 25.6 Å². The average molecular weight is 348 g/mol. The van der Waals surface area contributed by atoms with Crippen molar-refractivity contribution in [2.24, 2.45) is 0 Å². The van der Waals surface area contributed by atoms with Crippen LogP contribution in [0.5, 0.6) is 5.88 Å². The van der Waals surface area contributed by atoms with Crippen molar-refractivity contribution in [1.29, 1.82) is 0 Å². The number of furan rings is 1. The van der Waals surface area contributed by atoms with Gasteiger partial charge in [-0.25, -0.2) is 4.98 Å². The molecule has 7 nitrogen and oxygen atoms in total. The number of rotatable bonds is 4. The zero-order valence-corrected chi connectivity index (χ0v) is 13.7. The second-order valence-corrected chi connectivity index (χ2v) is 5.36. The van der Waals surface area contributed by atoms with E-state index in [1.54, 1.807) is 6.07 Å². The van der Waals surface area contributed by atoms with E-state index in [2.05, 4.69) is 15.3 Å². The number of nitrogens with zero attached hydrogens (tertiary/aromatic N) is 1. The molecule has 3 aromatic rings. The maximum Gasteiger partial charge on any atom is 0.268 e. The fraction of sp³-hybridized carbons (Fsp3) is 0.188. The predicted molar refractivity (Wildman–Crippen MR) is 90.0 cm³/mol. The number of halogens is 1. The summed E-state index contributed by atoms with van der Waals surface area (Å²) in [6.07, 6.45) is 3.46. The molecule has 0 spiro atoms. The first kappa shape index (κ1) is 16.1. The second-order valence-electron chi connectivity index (χ2n) is 4.98. The number of aromatic amines is 1. The van der Waals surface area contributed by atoms with Crippen molar-refractivity contribution >= 4 is 34.2 Å². The predicted octanol–water partition coefficient (Wildman–Crippen LogP) is 2.99. The van der Waals surface area contributed by atoms with E-state index in [-0.39, 0.29) is 10.7 Å². The number of aromatic nitrogens is 2. The Hall–Kier alpha value is -2.80. The Kier molecular flexibility index (Phi) is 4.26. The van der Waals surface area contributed by atoms with Gasteiger partial charge in [0.2, 0.25) is 0 Å². The summed E-state index contributed by atoms with van der Waals surface area (Å²) in [5.41, 5.74) is 0.433. The number of anilines is 1. The molecule has 0 unspecified atom stereocenters. The average Bonchev–Trinajstić information content (AvgIpc) is 3.02. The monoisotopic (exact) mass is 347 g/mol. The first-order valence-corrected chi connectivity index (χ1v) is 7.56. The highest BCUT2D eigenvalue weighted by atomic mass is 35.5. The lowest BCUT2D eigenvalue weighted by Gasteiger charge is -2.08. The minimum Gasteiger partial charge on any atom is -0.478 e. The highest BCUT2D eigenvalue weighted by molar-refractivity contribution is 6.33. The SMILES string of the molecule is CCc1cc2c(C(=O)Nc3cc[nH]c(=O)c3Cl)cnc(OC)c2o1. The molecule has 0 saturated heterocycles. The minimum atomic E-state index is -0.482. The summed E-state index contributed by atoms with van der Waals surface area (Å²) in [5.74, 6) is 0.557. The largest absolute Gasteiger partial charge is 0.478 e. The number of ether oxygens (including phenoxy) is 1. The maximum atomic E-state index is 12.6. The number of H-pyrrole nitrogens is 1. The van der Waals surface area contributed by atoms with Crippen LogP contribution in [0.25, 0.3) is 11.0 Å². The third-order valence-corrected chi connectivity index (χ3v) is 3.89. The van der Waals surface area contributed by atoms with E-state index in [0.717, 1.165) is 0 Å². The third kappa shape index (κ3) is 2.74. The number of carbonyl (C=O) groups is 1. The van der Waals surface area contributed by atoms with Gasteiger partial charge in [-0.05, 0) is 12.1 Å². The van der Waals surface area contributed by atoms with E-state index in [0.29, 0.717) is 34.6 Å². The highest BCUT2D eigenvalue weighted by Gasteiger charge is 2.19. The van der Waals surface area contributed by atoms with Crippen LogP contribution in [0.2, 0.25) is 5.02 Å². The number of hydrogen-bond acceptors (Lipinski definition) is 5. The van der Waals surface area contributed by atoms with Crippen LogP contribution in [0, 0.1) is 0 Å². The van der Waals surface area contributed by atoms with Gasteiger partial charge in [-0.15, -0.1) is 0 Å². The number of fused-ring (bicyclic) bond motifs is 1.